The molecule has 1 amide bonds. The van der Waals surface area contributed by atoms with Crippen LogP contribution in [0.1, 0.15) is 51.7 Å². The summed E-state index contributed by atoms with van der Waals surface area (Å²) in [7, 11) is -5.33. The van der Waals surface area contributed by atoms with Gasteiger partial charge in [-0.15, -0.1) is 0 Å². The molecule has 0 aliphatic heterocycles. The number of rotatable bonds is 5. The third kappa shape index (κ3) is 4.68. The minimum absolute atomic E-state index is 0.00681. The zero-order valence-corrected chi connectivity index (χ0v) is 17.7. The molecule has 0 aliphatic carbocycles. The van der Waals surface area contributed by atoms with E-state index in [0.29, 0.717) is 16.5 Å². The predicted molar refractivity (Wildman–Crippen MR) is 104 cm³/mol. The summed E-state index contributed by atoms with van der Waals surface area (Å²) in [6.07, 6.45) is 0.664. The Labute approximate surface area is 167 Å². The molecule has 0 bridgehead atoms. The average Bonchev–Trinajstić information content (AvgIpc) is 2.87. The van der Waals surface area contributed by atoms with E-state index < -0.39 is 44.1 Å². The first-order valence-electron chi connectivity index (χ1n) is 8.84. The van der Waals surface area contributed by atoms with E-state index in [1.54, 1.807) is 26.1 Å². The van der Waals surface area contributed by atoms with Crippen molar-refractivity contribution in [2.24, 2.45) is 11.1 Å². The van der Waals surface area contributed by atoms with Gasteiger partial charge in [0.25, 0.3) is 9.84 Å². The number of amides is 1. The van der Waals surface area contributed by atoms with Crippen LogP contribution in [0.5, 0.6) is 0 Å². The van der Waals surface area contributed by atoms with E-state index in [1.165, 1.54) is 12.1 Å². The van der Waals surface area contributed by atoms with Crippen molar-refractivity contribution in [2.75, 3.05) is 0 Å². The zero-order valence-electron chi connectivity index (χ0n) is 16.8. The number of halogens is 3. The van der Waals surface area contributed by atoms with Gasteiger partial charge in [0.15, 0.2) is 0 Å². The molecule has 162 valence electrons. The Hall–Kier alpha value is -2.23. The number of ether oxygens (including phenoxy) is 1. The number of hydrogen-bond donors (Lipinski definition) is 2. The highest BCUT2D eigenvalue weighted by atomic mass is 32.2. The van der Waals surface area contributed by atoms with Crippen LogP contribution >= 0.6 is 0 Å². The summed E-state index contributed by atoms with van der Waals surface area (Å²) in [5.41, 5.74) is -0.599. The number of aromatic nitrogens is 1. The molecule has 0 radical (unpaired) electrons. The van der Waals surface area contributed by atoms with Gasteiger partial charge in [0.2, 0.25) is 0 Å². The normalized spacial score (nSPS) is 14.8. The maximum Gasteiger partial charge on any atom is 0.497 e. The quantitative estimate of drug-likeness (QED) is 0.718. The standard InChI is InChI=1S/C19H25F3N2O4S/c1-17(2,3)15(18(4,5)28-16(23)25)13-9-24-14-11(7-6-8-12(13)14)10-29(26,27)19(20,21)22/h6-9,15,24H,10H2,1-5H3,(H2,23,25). The lowest BCUT2D eigenvalue weighted by atomic mass is 9.68. The Balaban J connectivity index is 2.64. The Morgan fingerprint density at radius 2 is 1.76 bits per heavy atom. The molecule has 3 N–H and O–H groups in total. The first-order chi connectivity index (χ1) is 13.0. The molecular weight excluding hydrogens is 409 g/mol. The lowest BCUT2D eigenvalue weighted by Crippen LogP contribution is -2.42. The fourth-order valence-corrected chi connectivity index (χ4v) is 4.90. The van der Waals surface area contributed by atoms with E-state index in [-0.39, 0.29) is 5.56 Å². The van der Waals surface area contributed by atoms with Crippen LogP contribution in [0.2, 0.25) is 0 Å². The fraction of sp³-hybridized carbons (Fsp3) is 0.526. The van der Waals surface area contributed by atoms with Crippen molar-refractivity contribution in [3.63, 3.8) is 0 Å². The van der Waals surface area contributed by atoms with Crippen molar-refractivity contribution in [2.45, 2.75) is 57.4 Å². The number of carbonyl (C=O) groups excluding carboxylic acids is 1. The van der Waals surface area contributed by atoms with Crippen LogP contribution in [-0.2, 0) is 20.3 Å². The van der Waals surface area contributed by atoms with Crippen molar-refractivity contribution >= 4 is 26.8 Å². The maximum absolute atomic E-state index is 12.8. The maximum atomic E-state index is 12.8. The largest absolute Gasteiger partial charge is 0.497 e. The van der Waals surface area contributed by atoms with Crippen LogP contribution in [0.25, 0.3) is 10.9 Å². The van der Waals surface area contributed by atoms with Gasteiger partial charge < -0.3 is 15.5 Å². The second-order valence-electron chi connectivity index (χ2n) is 8.61. The molecule has 0 spiro atoms. The minimum Gasteiger partial charge on any atom is -0.443 e. The molecule has 10 heteroatoms. The molecule has 0 saturated heterocycles. The van der Waals surface area contributed by atoms with E-state index in [0.717, 1.165) is 0 Å². The number of hydrogen-bond acceptors (Lipinski definition) is 4. The van der Waals surface area contributed by atoms with E-state index >= 15 is 0 Å². The molecule has 2 rings (SSSR count). The Bertz CT molecular complexity index is 1020. The lowest BCUT2D eigenvalue weighted by Gasteiger charge is -2.41. The highest BCUT2D eigenvalue weighted by molar-refractivity contribution is 7.91. The number of para-hydroxylation sites is 1. The van der Waals surface area contributed by atoms with Crippen molar-refractivity contribution in [3.8, 4) is 0 Å². The number of fused-ring (bicyclic) bond motifs is 1. The summed E-state index contributed by atoms with van der Waals surface area (Å²) in [6, 6.07) is 4.52. The van der Waals surface area contributed by atoms with Crippen LogP contribution in [0.4, 0.5) is 18.0 Å². The SMILES string of the molecule is CC(C)(C)C(c1c[nH]c2c(CS(=O)(=O)C(F)(F)F)cccc12)C(C)(C)OC(N)=O. The fourth-order valence-electron chi connectivity index (χ4n) is 4.09. The summed E-state index contributed by atoms with van der Waals surface area (Å²) in [5, 5.41) is 0.556. The highest BCUT2D eigenvalue weighted by Gasteiger charge is 2.46. The number of sulfone groups is 1. The van der Waals surface area contributed by atoms with Gasteiger partial charge in [-0.25, -0.2) is 13.2 Å². The molecule has 0 fully saturated rings. The molecule has 1 unspecified atom stereocenters. The Morgan fingerprint density at radius 1 is 1.17 bits per heavy atom. The third-order valence-electron chi connectivity index (χ3n) is 4.77. The lowest BCUT2D eigenvalue weighted by molar-refractivity contribution is -0.0437. The van der Waals surface area contributed by atoms with E-state index in [2.05, 4.69) is 4.98 Å². The zero-order chi connectivity index (χ0) is 22.4. The monoisotopic (exact) mass is 434 g/mol. The summed E-state index contributed by atoms with van der Waals surface area (Å²) in [6.45, 7) is 9.19. The van der Waals surface area contributed by atoms with Gasteiger partial charge in [-0.3, -0.25) is 0 Å². The number of alkyl halides is 3. The molecule has 1 heterocycles. The van der Waals surface area contributed by atoms with Crippen LogP contribution in [-0.4, -0.2) is 30.6 Å². The molecule has 0 saturated carbocycles. The first kappa shape index (κ1) is 23.1. The van der Waals surface area contributed by atoms with Gasteiger partial charge in [0.1, 0.15) is 5.60 Å². The highest BCUT2D eigenvalue weighted by Crippen LogP contribution is 2.47. The van der Waals surface area contributed by atoms with Crippen molar-refractivity contribution in [3.05, 3.63) is 35.5 Å². The number of H-pyrrole nitrogens is 1. The molecule has 1 aromatic carbocycles. The molecule has 1 aromatic heterocycles. The Kier molecular flexibility index (Phi) is 5.75. The molecule has 6 nitrogen and oxygen atoms in total. The Morgan fingerprint density at radius 3 is 2.24 bits per heavy atom. The van der Waals surface area contributed by atoms with Crippen LogP contribution < -0.4 is 5.73 Å². The summed E-state index contributed by atoms with van der Waals surface area (Å²) in [5.74, 6) is -1.57. The van der Waals surface area contributed by atoms with Gasteiger partial charge >= 0.3 is 11.6 Å². The minimum atomic E-state index is -5.34. The summed E-state index contributed by atoms with van der Waals surface area (Å²) in [4.78, 5) is 14.3. The van der Waals surface area contributed by atoms with Gasteiger partial charge in [-0.05, 0) is 30.4 Å². The van der Waals surface area contributed by atoms with Gasteiger partial charge in [-0.2, -0.15) is 13.2 Å². The van der Waals surface area contributed by atoms with Crippen LogP contribution in [0, 0.1) is 5.41 Å². The summed E-state index contributed by atoms with van der Waals surface area (Å²) >= 11 is 0. The molecule has 2 aromatic rings. The van der Waals surface area contributed by atoms with Crippen molar-refractivity contribution in [1.29, 1.82) is 0 Å². The summed E-state index contributed by atoms with van der Waals surface area (Å²) < 4.78 is 67.1. The van der Waals surface area contributed by atoms with Gasteiger partial charge in [-0.1, -0.05) is 39.0 Å². The number of nitrogens with two attached hydrogens (primary N) is 1. The van der Waals surface area contributed by atoms with Gasteiger partial charge in [0.05, 0.1) is 5.75 Å². The number of benzene rings is 1. The van der Waals surface area contributed by atoms with Crippen LogP contribution in [0.3, 0.4) is 0 Å². The van der Waals surface area contributed by atoms with E-state index in [4.69, 9.17) is 10.5 Å². The van der Waals surface area contributed by atoms with Gasteiger partial charge in [0, 0.05) is 23.0 Å². The second-order valence-corrected chi connectivity index (χ2v) is 10.6. The smallest absolute Gasteiger partial charge is 0.443 e. The predicted octanol–water partition coefficient (Wildman–Crippen LogP) is 4.61. The number of carbonyl (C=O) groups is 1. The average molecular weight is 434 g/mol. The van der Waals surface area contributed by atoms with Crippen molar-refractivity contribution in [1.82, 2.24) is 4.98 Å². The third-order valence-corrected chi connectivity index (χ3v) is 6.16. The molecule has 0 aliphatic rings. The van der Waals surface area contributed by atoms with Crippen molar-refractivity contribution < 1.29 is 31.1 Å². The molecule has 1 atom stereocenters. The molecular formula is C19H25F3N2O4S. The van der Waals surface area contributed by atoms with Crippen LogP contribution in [0.15, 0.2) is 24.4 Å². The second kappa shape index (κ2) is 7.23. The number of primary amides is 1. The molecule has 29 heavy (non-hydrogen) atoms. The topological polar surface area (TPSA) is 102 Å². The van der Waals surface area contributed by atoms with E-state index in [1.807, 2.05) is 20.8 Å². The first-order valence-corrected chi connectivity index (χ1v) is 10.5. The number of nitrogens with one attached hydrogen (secondary N) is 1. The number of aromatic amines is 1. The van der Waals surface area contributed by atoms with E-state index in [9.17, 15) is 26.4 Å².